The number of carbonyl (C=O) groups is 2. The zero-order valence-electron chi connectivity index (χ0n) is 19.5. The summed E-state index contributed by atoms with van der Waals surface area (Å²) in [5, 5.41) is 9.53. The summed E-state index contributed by atoms with van der Waals surface area (Å²) in [6.07, 6.45) is 7.67. The van der Waals surface area contributed by atoms with Crippen LogP contribution >= 0.6 is 0 Å². The van der Waals surface area contributed by atoms with E-state index in [1.54, 1.807) is 12.1 Å². The predicted molar refractivity (Wildman–Crippen MR) is 125 cm³/mol. The third-order valence-corrected chi connectivity index (χ3v) is 7.25. The van der Waals surface area contributed by atoms with E-state index in [4.69, 9.17) is 4.74 Å². The second kappa shape index (κ2) is 9.62. The molecule has 3 aliphatic rings. The van der Waals surface area contributed by atoms with Gasteiger partial charge in [-0.05, 0) is 62.3 Å². The Morgan fingerprint density at radius 1 is 1.09 bits per heavy atom. The number of imide groups is 1. The first kappa shape index (κ1) is 22.8. The lowest BCUT2D eigenvalue weighted by molar-refractivity contribution is -0.140. The van der Waals surface area contributed by atoms with Crippen LogP contribution in [0.5, 0.6) is 5.75 Å². The summed E-state index contributed by atoms with van der Waals surface area (Å²) in [5.74, 6) is -0.0748. The molecule has 172 valence electrons. The summed E-state index contributed by atoms with van der Waals surface area (Å²) in [6.45, 7) is 7.39. The first-order chi connectivity index (χ1) is 15.4. The number of ether oxygens (including phenoxy) is 1. The predicted octanol–water partition coefficient (Wildman–Crippen LogP) is 5.10. The standard InChI is InChI=1S/C27H35NO4/c1-4-6-18(15-19-7-10-20(29)11-8-19)9-12-23-24-17(3)14-21-25(22(24)16-32-23)27(31)28(13-5-2)26(21)30/h7-8,10-11,15,21-23,25,29H,4-6,9,12-14,16H2,1-3H3/b18-15+/t21-,22+,23-,25-/m1/s1. The molecule has 5 nitrogen and oxygen atoms in total. The van der Waals surface area contributed by atoms with Crippen LogP contribution in [0.3, 0.4) is 0 Å². The highest BCUT2D eigenvalue weighted by molar-refractivity contribution is 6.05. The molecule has 2 aliphatic heterocycles. The van der Waals surface area contributed by atoms with Gasteiger partial charge in [-0.3, -0.25) is 14.5 Å². The number of phenols is 1. The number of carbonyl (C=O) groups excluding carboxylic acids is 2. The zero-order valence-corrected chi connectivity index (χ0v) is 19.5. The Labute approximate surface area is 191 Å². The molecular formula is C27H35NO4. The summed E-state index contributed by atoms with van der Waals surface area (Å²) in [5.41, 5.74) is 5.00. The molecule has 0 spiro atoms. The van der Waals surface area contributed by atoms with E-state index in [1.807, 2.05) is 19.1 Å². The van der Waals surface area contributed by atoms with Crippen molar-refractivity contribution < 1.29 is 19.4 Å². The first-order valence-corrected chi connectivity index (χ1v) is 12.1. The fraction of sp³-hybridized carbons (Fsp3) is 0.556. The summed E-state index contributed by atoms with van der Waals surface area (Å²) >= 11 is 0. The van der Waals surface area contributed by atoms with Gasteiger partial charge in [0.2, 0.25) is 11.8 Å². The average molecular weight is 438 g/mol. The molecular weight excluding hydrogens is 402 g/mol. The van der Waals surface area contributed by atoms with Gasteiger partial charge in [0.1, 0.15) is 5.75 Å². The number of amides is 2. The highest BCUT2D eigenvalue weighted by Gasteiger charge is 2.56. The Balaban J connectivity index is 1.49. The number of benzene rings is 1. The van der Waals surface area contributed by atoms with Crippen molar-refractivity contribution in [1.29, 1.82) is 0 Å². The topological polar surface area (TPSA) is 66.8 Å². The maximum atomic E-state index is 13.1. The van der Waals surface area contributed by atoms with Crippen molar-refractivity contribution in [2.45, 2.75) is 65.4 Å². The Morgan fingerprint density at radius 2 is 1.84 bits per heavy atom. The highest BCUT2D eigenvalue weighted by atomic mass is 16.5. The zero-order chi connectivity index (χ0) is 22.8. The number of rotatable bonds is 8. The van der Waals surface area contributed by atoms with E-state index in [0.717, 1.165) is 37.7 Å². The number of likely N-dealkylation sites (tertiary alicyclic amines) is 1. The molecule has 0 radical (unpaired) electrons. The van der Waals surface area contributed by atoms with Crippen LogP contribution in [0.25, 0.3) is 6.08 Å². The Morgan fingerprint density at radius 3 is 2.53 bits per heavy atom. The smallest absolute Gasteiger partial charge is 0.233 e. The molecule has 0 aromatic heterocycles. The Hall–Kier alpha value is -2.40. The van der Waals surface area contributed by atoms with Gasteiger partial charge in [-0.1, -0.05) is 49.6 Å². The fourth-order valence-electron chi connectivity index (χ4n) is 5.85. The third kappa shape index (κ3) is 4.27. The third-order valence-electron chi connectivity index (χ3n) is 7.25. The maximum absolute atomic E-state index is 13.1. The molecule has 2 heterocycles. The van der Waals surface area contributed by atoms with Crippen molar-refractivity contribution >= 4 is 17.9 Å². The van der Waals surface area contributed by atoms with E-state index < -0.39 is 0 Å². The molecule has 0 unspecified atom stereocenters. The van der Waals surface area contributed by atoms with Crippen LogP contribution < -0.4 is 0 Å². The van der Waals surface area contributed by atoms with Crippen molar-refractivity contribution in [3.05, 3.63) is 46.5 Å². The van der Waals surface area contributed by atoms with Gasteiger partial charge >= 0.3 is 0 Å². The van der Waals surface area contributed by atoms with Gasteiger partial charge in [-0.25, -0.2) is 0 Å². The molecule has 0 bridgehead atoms. The highest BCUT2D eigenvalue weighted by Crippen LogP contribution is 2.49. The molecule has 1 aliphatic carbocycles. The molecule has 4 atom stereocenters. The van der Waals surface area contributed by atoms with E-state index in [1.165, 1.54) is 21.6 Å². The number of nitrogens with zero attached hydrogens (tertiary/aromatic N) is 1. The second-order valence-corrected chi connectivity index (χ2v) is 9.51. The van der Waals surface area contributed by atoms with Gasteiger partial charge in [0.25, 0.3) is 0 Å². The van der Waals surface area contributed by atoms with E-state index in [-0.39, 0.29) is 41.4 Å². The molecule has 2 saturated heterocycles. The van der Waals surface area contributed by atoms with Crippen LogP contribution in [0.15, 0.2) is 41.0 Å². The number of hydrogen-bond donors (Lipinski definition) is 1. The Kier molecular flexibility index (Phi) is 6.85. The van der Waals surface area contributed by atoms with Crippen LogP contribution in [0.4, 0.5) is 0 Å². The van der Waals surface area contributed by atoms with Gasteiger partial charge in [-0.2, -0.15) is 0 Å². The maximum Gasteiger partial charge on any atom is 0.233 e. The minimum Gasteiger partial charge on any atom is -0.508 e. The van der Waals surface area contributed by atoms with Crippen LogP contribution in [-0.4, -0.2) is 41.1 Å². The van der Waals surface area contributed by atoms with Crippen molar-refractivity contribution in [3.8, 4) is 5.75 Å². The number of allylic oxidation sites excluding steroid dienone is 2. The van der Waals surface area contributed by atoms with E-state index in [0.29, 0.717) is 19.6 Å². The minimum absolute atomic E-state index is 0.0139. The van der Waals surface area contributed by atoms with Crippen molar-refractivity contribution in [1.82, 2.24) is 4.90 Å². The van der Waals surface area contributed by atoms with Crippen molar-refractivity contribution in [3.63, 3.8) is 0 Å². The molecule has 2 amide bonds. The largest absolute Gasteiger partial charge is 0.508 e. The summed E-state index contributed by atoms with van der Waals surface area (Å²) < 4.78 is 6.25. The van der Waals surface area contributed by atoms with Gasteiger partial charge in [0, 0.05) is 12.5 Å². The molecule has 1 aromatic carbocycles. The number of aromatic hydroxyl groups is 1. The fourth-order valence-corrected chi connectivity index (χ4v) is 5.85. The molecule has 4 rings (SSSR count). The Bertz CT molecular complexity index is 929. The van der Waals surface area contributed by atoms with Crippen LogP contribution in [0.1, 0.15) is 64.9 Å². The molecule has 1 aromatic rings. The molecule has 1 N–H and O–H groups in total. The van der Waals surface area contributed by atoms with Crippen molar-refractivity contribution in [2.75, 3.05) is 13.2 Å². The van der Waals surface area contributed by atoms with Crippen LogP contribution in [0.2, 0.25) is 0 Å². The van der Waals surface area contributed by atoms with Gasteiger partial charge in [-0.15, -0.1) is 0 Å². The lowest BCUT2D eigenvalue weighted by Crippen LogP contribution is -2.34. The summed E-state index contributed by atoms with van der Waals surface area (Å²) in [6, 6.07) is 7.31. The van der Waals surface area contributed by atoms with E-state index in [2.05, 4.69) is 19.9 Å². The SMILES string of the molecule is CCC/C(=C\c1ccc(O)cc1)CC[C@H]1OC[C@H]2C1=C(C)C[C@H]1C(=O)N(CCC)C(=O)[C@H]12. The normalized spacial score (nSPS) is 27.8. The lowest BCUT2D eigenvalue weighted by atomic mass is 9.70. The number of fused-ring (bicyclic) bond motifs is 3. The number of phenolic OH excluding ortho intramolecular Hbond substituents is 1. The quantitative estimate of drug-likeness (QED) is 0.454. The monoisotopic (exact) mass is 437 g/mol. The average Bonchev–Trinajstić information content (AvgIpc) is 3.29. The van der Waals surface area contributed by atoms with Gasteiger partial charge in [0.05, 0.1) is 24.5 Å². The van der Waals surface area contributed by atoms with Gasteiger partial charge < -0.3 is 9.84 Å². The summed E-state index contributed by atoms with van der Waals surface area (Å²) in [7, 11) is 0. The van der Waals surface area contributed by atoms with E-state index >= 15 is 0 Å². The minimum atomic E-state index is -0.236. The molecule has 5 heteroatoms. The molecule has 2 fully saturated rings. The first-order valence-electron chi connectivity index (χ1n) is 12.1. The molecule has 32 heavy (non-hydrogen) atoms. The molecule has 0 saturated carbocycles. The van der Waals surface area contributed by atoms with E-state index in [9.17, 15) is 14.7 Å². The van der Waals surface area contributed by atoms with Crippen LogP contribution in [-0.2, 0) is 14.3 Å². The number of hydrogen-bond acceptors (Lipinski definition) is 4. The lowest BCUT2D eigenvalue weighted by Gasteiger charge is -2.30. The van der Waals surface area contributed by atoms with Gasteiger partial charge in [0.15, 0.2) is 0 Å². The van der Waals surface area contributed by atoms with Crippen LogP contribution in [0, 0.1) is 17.8 Å². The summed E-state index contributed by atoms with van der Waals surface area (Å²) in [4.78, 5) is 27.4. The van der Waals surface area contributed by atoms with Crippen molar-refractivity contribution in [2.24, 2.45) is 17.8 Å². The second-order valence-electron chi connectivity index (χ2n) is 9.51.